The average molecular weight is 205 g/mol. The van der Waals surface area contributed by atoms with E-state index in [0.717, 1.165) is 5.56 Å². The molecule has 1 atom stereocenters. The number of carbonyl (C=O) groups is 1. The van der Waals surface area contributed by atoms with Crippen molar-refractivity contribution in [1.29, 1.82) is 0 Å². The fourth-order valence-electron chi connectivity index (χ4n) is 1.47. The summed E-state index contributed by atoms with van der Waals surface area (Å²) < 4.78 is 0. The van der Waals surface area contributed by atoms with E-state index in [9.17, 15) is 9.90 Å². The minimum atomic E-state index is -0.921. The third kappa shape index (κ3) is 2.18. The summed E-state index contributed by atoms with van der Waals surface area (Å²) in [6.07, 6.45) is 2.01. The molecule has 0 aromatic heterocycles. The molecular weight excluding hydrogens is 190 g/mol. The number of benzene rings is 1. The van der Waals surface area contributed by atoms with Crippen LogP contribution in [0.1, 0.15) is 18.9 Å². The van der Waals surface area contributed by atoms with E-state index < -0.39 is 11.4 Å². The monoisotopic (exact) mass is 205 g/mol. The maximum atomic E-state index is 11.2. The molecule has 0 fully saturated rings. The van der Waals surface area contributed by atoms with E-state index in [4.69, 9.17) is 5.73 Å². The van der Waals surface area contributed by atoms with Crippen molar-refractivity contribution in [2.24, 2.45) is 0 Å². The highest BCUT2D eigenvalue weighted by Gasteiger charge is 2.33. The molecule has 3 heteroatoms. The molecule has 0 saturated carbocycles. The quantitative estimate of drug-likeness (QED) is 0.585. The molecular formula is C12H15NO2. The minimum absolute atomic E-state index is 0.395. The van der Waals surface area contributed by atoms with Gasteiger partial charge in [-0.3, -0.25) is 4.79 Å². The molecule has 0 radical (unpaired) electrons. The molecule has 0 bridgehead atoms. The van der Waals surface area contributed by atoms with Crippen molar-refractivity contribution in [3.05, 3.63) is 42.5 Å². The standard InChI is InChI=1S/C12H15NO2/c1-3-8-12(2,11(14)15)9-4-6-10(13)7-5-9/h3-7H,1,8,13H2,2H3,(H,14,15). The topological polar surface area (TPSA) is 63.3 Å². The van der Waals surface area contributed by atoms with Gasteiger partial charge in [-0.25, -0.2) is 0 Å². The number of carboxylic acids is 1. The van der Waals surface area contributed by atoms with Gasteiger partial charge in [0.25, 0.3) is 0 Å². The molecule has 1 unspecified atom stereocenters. The first-order valence-electron chi connectivity index (χ1n) is 4.71. The molecule has 15 heavy (non-hydrogen) atoms. The van der Waals surface area contributed by atoms with Crippen molar-refractivity contribution in [3.63, 3.8) is 0 Å². The van der Waals surface area contributed by atoms with E-state index in [1.807, 2.05) is 0 Å². The van der Waals surface area contributed by atoms with Crippen LogP contribution in [0, 0.1) is 0 Å². The highest BCUT2D eigenvalue weighted by atomic mass is 16.4. The van der Waals surface area contributed by atoms with Crippen LogP contribution in [-0.2, 0) is 10.2 Å². The van der Waals surface area contributed by atoms with E-state index in [0.29, 0.717) is 12.1 Å². The second-order valence-corrected chi connectivity index (χ2v) is 3.75. The normalized spacial score (nSPS) is 14.2. The molecule has 0 spiro atoms. The molecule has 0 amide bonds. The number of aliphatic carboxylic acids is 1. The third-order valence-corrected chi connectivity index (χ3v) is 2.57. The fourth-order valence-corrected chi connectivity index (χ4v) is 1.47. The highest BCUT2D eigenvalue weighted by molar-refractivity contribution is 5.81. The molecule has 3 N–H and O–H groups in total. The number of nitrogens with two attached hydrogens (primary N) is 1. The van der Waals surface area contributed by atoms with Crippen molar-refractivity contribution in [2.75, 3.05) is 5.73 Å². The first-order valence-corrected chi connectivity index (χ1v) is 4.71. The summed E-state index contributed by atoms with van der Waals surface area (Å²) in [7, 11) is 0. The second kappa shape index (κ2) is 4.17. The molecule has 80 valence electrons. The Morgan fingerprint density at radius 3 is 2.47 bits per heavy atom. The molecule has 1 rings (SSSR count). The van der Waals surface area contributed by atoms with Crippen LogP contribution in [0.15, 0.2) is 36.9 Å². The molecule has 1 aromatic rings. The van der Waals surface area contributed by atoms with Crippen LogP contribution in [0.2, 0.25) is 0 Å². The van der Waals surface area contributed by atoms with Crippen molar-refractivity contribution >= 4 is 11.7 Å². The first-order chi connectivity index (χ1) is 7.00. The highest BCUT2D eigenvalue weighted by Crippen LogP contribution is 2.28. The van der Waals surface area contributed by atoms with Gasteiger partial charge in [0.1, 0.15) is 0 Å². The van der Waals surface area contributed by atoms with Crippen molar-refractivity contribution in [2.45, 2.75) is 18.8 Å². The zero-order valence-corrected chi connectivity index (χ0v) is 8.73. The molecule has 3 nitrogen and oxygen atoms in total. The second-order valence-electron chi connectivity index (χ2n) is 3.75. The molecule has 0 aliphatic rings. The lowest BCUT2D eigenvalue weighted by Gasteiger charge is -2.23. The Morgan fingerprint density at radius 1 is 1.53 bits per heavy atom. The van der Waals surface area contributed by atoms with E-state index in [1.165, 1.54) is 0 Å². The van der Waals surface area contributed by atoms with E-state index in [1.54, 1.807) is 37.3 Å². The maximum Gasteiger partial charge on any atom is 0.314 e. The zero-order chi connectivity index (χ0) is 11.5. The summed E-state index contributed by atoms with van der Waals surface area (Å²) in [5, 5.41) is 9.21. The molecule has 0 saturated heterocycles. The van der Waals surface area contributed by atoms with Crippen LogP contribution in [0.5, 0.6) is 0 Å². The number of anilines is 1. The summed E-state index contributed by atoms with van der Waals surface area (Å²) in [6.45, 7) is 5.27. The van der Waals surface area contributed by atoms with Gasteiger partial charge in [0.15, 0.2) is 0 Å². The molecule has 0 aliphatic carbocycles. The lowest BCUT2D eigenvalue weighted by molar-refractivity contribution is -0.143. The van der Waals surface area contributed by atoms with Crippen LogP contribution < -0.4 is 5.73 Å². The summed E-state index contributed by atoms with van der Waals surface area (Å²) in [5.41, 5.74) is 6.00. The molecule has 1 aromatic carbocycles. The van der Waals surface area contributed by atoms with E-state index in [2.05, 4.69) is 6.58 Å². The number of nitrogen functional groups attached to an aromatic ring is 1. The van der Waals surface area contributed by atoms with Crippen molar-refractivity contribution in [3.8, 4) is 0 Å². The number of carboxylic acid groups (broad SMARTS) is 1. The zero-order valence-electron chi connectivity index (χ0n) is 8.73. The van der Waals surface area contributed by atoms with Crippen LogP contribution in [-0.4, -0.2) is 11.1 Å². The summed E-state index contributed by atoms with van der Waals surface area (Å²) in [5.74, 6) is -0.854. The van der Waals surface area contributed by atoms with Crippen molar-refractivity contribution in [1.82, 2.24) is 0 Å². The SMILES string of the molecule is C=CCC(C)(C(=O)O)c1ccc(N)cc1. The Labute approximate surface area is 89.2 Å². The number of hydrogen-bond donors (Lipinski definition) is 2. The van der Waals surface area contributed by atoms with Gasteiger partial charge >= 0.3 is 5.97 Å². The van der Waals surface area contributed by atoms with Crippen LogP contribution in [0.3, 0.4) is 0 Å². The average Bonchev–Trinajstić information content (AvgIpc) is 2.18. The van der Waals surface area contributed by atoms with Crippen LogP contribution >= 0.6 is 0 Å². The summed E-state index contributed by atoms with van der Waals surface area (Å²) >= 11 is 0. The van der Waals surface area contributed by atoms with E-state index in [-0.39, 0.29) is 0 Å². The summed E-state index contributed by atoms with van der Waals surface area (Å²) in [4.78, 5) is 11.2. The maximum absolute atomic E-state index is 11.2. The van der Waals surface area contributed by atoms with Crippen molar-refractivity contribution < 1.29 is 9.90 Å². The van der Waals surface area contributed by atoms with Gasteiger partial charge in [-0.05, 0) is 31.0 Å². The Kier molecular flexibility index (Phi) is 3.14. The third-order valence-electron chi connectivity index (χ3n) is 2.57. The van der Waals surface area contributed by atoms with Gasteiger partial charge < -0.3 is 10.8 Å². The molecule has 0 aliphatic heterocycles. The minimum Gasteiger partial charge on any atom is -0.481 e. The Bertz CT molecular complexity index is 370. The first kappa shape index (κ1) is 11.3. The Hall–Kier alpha value is -1.77. The van der Waals surface area contributed by atoms with Gasteiger partial charge in [-0.15, -0.1) is 6.58 Å². The van der Waals surface area contributed by atoms with Gasteiger partial charge in [0.2, 0.25) is 0 Å². The lowest BCUT2D eigenvalue weighted by Crippen LogP contribution is -2.31. The number of hydrogen-bond acceptors (Lipinski definition) is 2. The largest absolute Gasteiger partial charge is 0.481 e. The van der Waals surface area contributed by atoms with Gasteiger partial charge in [-0.2, -0.15) is 0 Å². The van der Waals surface area contributed by atoms with Gasteiger partial charge in [0, 0.05) is 5.69 Å². The predicted molar refractivity (Wildman–Crippen MR) is 60.7 cm³/mol. The smallest absolute Gasteiger partial charge is 0.314 e. The van der Waals surface area contributed by atoms with E-state index >= 15 is 0 Å². The lowest BCUT2D eigenvalue weighted by atomic mass is 9.79. The number of allylic oxidation sites excluding steroid dienone is 1. The Balaban J connectivity index is 3.14. The molecule has 0 heterocycles. The van der Waals surface area contributed by atoms with Gasteiger partial charge in [-0.1, -0.05) is 18.2 Å². The fraction of sp³-hybridized carbons (Fsp3) is 0.250. The predicted octanol–water partition coefficient (Wildman–Crippen LogP) is 2.19. The number of rotatable bonds is 4. The Morgan fingerprint density at radius 2 is 2.07 bits per heavy atom. The van der Waals surface area contributed by atoms with Crippen LogP contribution in [0.25, 0.3) is 0 Å². The summed E-state index contributed by atoms with van der Waals surface area (Å²) in [6, 6.07) is 6.90. The van der Waals surface area contributed by atoms with Gasteiger partial charge in [0.05, 0.1) is 5.41 Å². The van der Waals surface area contributed by atoms with Crippen LogP contribution in [0.4, 0.5) is 5.69 Å².